The van der Waals surface area contributed by atoms with Crippen LogP contribution in [0.15, 0.2) is 66.8 Å². The second kappa shape index (κ2) is 13.1. The van der Waals surface area contributed by atoms with E-state index in [1.54, 1.807) is 19.1 Å². The zero-order chi connectivity index (χ0) is 29.6. The van der Waals surface area contributed by atoms with Crippen molar-refractivity contribution in [1.29, 1.82) is 0 Å². The maximum absolute atomic E-state index is 15.5. The minimum Gasteiger partial charge on any atom is -0.481 e. The average molecular weight is 559 g/mol. The lowest BCUT2D eigenvalue weighted by Crippen LogP contribution is -2.29. The van der Waals surface area contributed by atoms with Crippen LogP contribution in [0.25, 0.3) is 5.57 Å². The molecular weight excluding hydrogens is 524 g/mol. The minimum atomic E-state index is -4.63. The van der Waals surface area contributed by atoms with E-state index in [-0.39, 0.29) is 35.3 Å². The quantitative estimate of drug-likeness (QED) is 0.227. The molecule has 1 aromatic heterocycles. The summed E-state index contributed by atoms with van der Waals surface area (Å²) in [7, 11) is 0. The maximum atomic E-state index is 15.5. The number of hydrogen-bond acceptors (Lipinski definition) is 3. The number of carbonyl (C=O) groups is 2. The van der Waals surface area contributed by atoms with Gasteiger partial charge in [-0.25, -0.2) is 4.39 Å². The molecule has 2 aromatic rings. The number of aromatic nitrogens is 1. The number of nitrogens with zero attached hydrogens (tertiary/aromatic N) is 1. The highest BCUT2D eigenvalue weighted by Crippen LogP contribution is 2.38. The third-order valence-corrected chi connectivity index (χ3v) is 7.48. The van der Waals surface area contributed by atoms with E-state index in [1.807, 2.05) is 19.9 Å². The number of anilines is 1. The van der Waals surface area contributed by atoms with Gasteiger partial charge in [-0.2, -0.15) is 13.2 Å². The highest BCUT2D eigenvalue weighted by molar-refractivity contribution is 5.95. The number of halogens is 4. The molecule has 1 aliphatic carbocycles. The van der Waals surface area contributed by atoms with Gasteiger partial charge in [-0.15, -0.1) is 0 Å². The van der Waals surface area contributed by atoms with Crippen LogP contribution in [0.2, 0.25) is 0 Å². The first-order valence-corrected chi connectivity index (χ1v) is 13.2. The number of carbonyl (C=O) groups excluding carboxylic acids is 1. The van der Waals surface area contributed by atoms with Crippen LogP contribution < -0.4 is 5.32 Å². The topological polar surface area (TPSA) is 79.3 Å². The van der Waals surface area contributed by atoms with Gasteiger partial charge in [-0.05, 0) is 67.9 Å². The van der Waals surface area contributed by atoms with Crippen LogP contribution in [0.4, 0.5) is 23.2 Å². The SMILES string of the molecule is C=C/C(=C(F)\C=C(/C)C(C(=O)Nc1cccc(C(C)CC(=O)O)c1C)C1CCCC1)c1cncc(C(F)(F)F)c1. The number of nitrogens with one attached hydrogen (secondary N) is 1. The van der Waals surface area contributed by atoms with E-state index in [2.05, 4.69) is 16.9 Å². The first-order chi connectivity index (χ1) is 18.8. The Kier molecular flexibility index (Phi) is 10.1. The molecule has 1 aliphatic rings. The van der Waals surface area contributed by atoms with Gasteiger partial charge in [0.1, 0.15) is 5.83 Å². The van der Waals surface area contributed by atoms with E-state index in [0.29, 0.717) is 17.5 Å². The summed E-state index contributed by atoms with van der Waals surface area (Å²) in [4.78, 5) is 28.5. The molecule has 1 aromatic carbocycles. The number of allylic oxidation sites excluding steroid dienone is 4. The number of pyridine rings is 1. The second-order valence-corrected chi connectivity index (χ2v) is 10.3. The van der Waals surface area contributed by atoms with Crippen LogP contribution in [0.3, 0.4) is 0 Å². The number of alkyl halides is 3. The number of benzene rings is 1. The molecule has 3 rings (SSSR count). The first kappa shape index (κ1) is 30.8. The molecule has 2 N–H and O–H groups in total. The lowest BCUT2D eigenvalue weighted by molar-refractivity contribution is -0.138. The van der Waals surface area contributed by atoms with E-state index in [4.69, 9.17) is 0 Å². The van der Waals surface area contributed by atoms with Crippen LogP contribution in [-0.4, -0.2) is 22.0 Å². The molecule has 214 valence electrons. The van der Waals surface area contributed by atoms with Crippen molar-refractivity contribution in [2.45, 2.75) is 65.0 Å². The number of rotatable bonds is 10. The van der Waals surface area contributed by atoms with E-state index in [9.17, 15) is 27.9 Å². The molecule has 5 nitrogen and oxygen atoms in total. The summed E-state index contributed by atoms with van der Waals surface area (Å²) in [5, 5.41) is 12.2. The Hall–Kier alpha value is -3.75. The molecule has 0 aliphatic heterocycles. The molecule has 40 heavy (non-hydrogen) atoms. The van der Waals surface area contributed by atoms with Gasteiger partial charge in [0.05, 0.1) is 17.9 Å². The molecule has 9 heteroatoms. The Morgan fingerprint density at radius 1 is 1.23 bits per heavy atom. The van der Waals surface area contributed by atoms with Crippen molar-refractivity contribution >= 4 is 23.1 Å². The van der Waals surface area contributed by atoms with Crippen LogP contribution in [0.1, 0.15) is 74.1 Å². The minimum absolute atomic E-state index is 0.0270. The highest BCUT2D eigenvalue weighted by Gasteiger charge is 2.33. The molecule has 1 amide bonds. The van der Waals surface area contributed by atoms with Gasteiger partial charge >= 0.3 is 12.1 Å². The van der Waals surface area contributed by atoms with Crippen LogP contribution >= 0.6 is 0 Å². The summed E-state index contributed by atoms with van der Waals surface area (Å²) >= 11 is 0. The molecule has 2 unspecified atom stereocenters. The number of carboxylic acid groups (broad SMARTS) is 1. The predicted octanol–water partition coefficient (Wildman–Crippen LogP) is 8.25. The van der Waals surface area contributed by atoms with Crippen molar-refractivity contribution in [2.75, 3.05) is 5.32 Å². The van der Waals surface area contributed by atoms with Gasteiger partial charge in [0, 0.05) is 29.2 Å². The summed E-state index contributed by atoms with van der Waals surface area (Å²) < 4.78 is 55.1. The summed E-state index contributed by atoms with van der Waals surface area (Å²) in [5.74, 6) is -3.01. The summed E-state index contributed by atoms with van der Waals surface area (Å²) in [5.41, 5.74) is 1.33. The largest absolute Gasteiger partial charge is 0.481 e. The Labute approximate surface area is 231 Å². The number of amides is 1. The van der Waals surface area contributed by atoms with Crippen molar-refractivity contribution in [3.63, 3.8) is 0 Å². The fourth-order valence-electron chi connectivity index (χ4n) is 5.45. The number of hydrogen-bond donors (Lipinski definition) is 2. The van der Waals surface area contributed by atoms with Crippen molar-refractivity contribution in [1.82, 2.24) is 4.98 Å². The van der Waals surface area contributed by atoms with E-state index in [0.717, 1.165) is 55.1 Å². The second-order valence-electron chi connectivity index (χ2n) is 10.3. The molecule has 0 bridgehead atoms. The van der Waals surface area contributed by atoms with Crippen LogP contribution in [0.5, 0.6) is 0 Å². The van der Waals surface area contributed by atoms with Crippen molar-refractivity contribution in [2.24, 2.45) is 11.8 Å². The number of carboxylic acids is 1. The molecule has 1 heterocycles. The molecule has 1 fully saturated rings. The van der Waals surface area contributed by atoms with Gasteiger partial charge in [0.25, 0.3) is 0 Å². The monoisotopic (exact) mass is 558 g/mol. The molecule has 0 saturated heterocycles. The summed E-state index contributed by atoms with van der Waals surface area (Å²) in [6, 6.07) is 6.14. The average Bonchev–Trinajstić information content (AvgIpc) is 3.39. The summed E-state index contributed by atoms with van der Waals surface area (Å²) in [6.45, 7) is 8.84. The third-order valence-electron chi connectivity index (χ3n) is 7.48. The zero-order valence-corrected chi connectivity index (χ0v) is 22.8. The highest BCUT2D eigenvalue weighted by atomic mass is 19.4. The lowest BCUT2D eigenvalue weighted by atomic mass is 9.83. The predicted molar refractivity (Wildman–Crippen MR) is 147 cm³/mol. The Morgan fingerprint density at radius 3 is 2.50 bits per heavy atom. The first-order valence-electron chi connectivity index (χ1n) is 13.2. The lowest BCUT2D eigenvalue weighted by Gasteiger charge is -2.25. The van der Waals surface area contributed by atoms with E-state index >= 15 is 4.39 Å². The normalized spacial score (nSPS) is 16.7. The van der Waals surface area contributed by atoms with Crippen LogP contribution in [-0.2, 0) is 15.8 Å². The standard InChI is InChI=1S/C31H34F4N2O3/c1-5-24(22-15-23(17-36-16-22)31(33,34)35)26(32)13-19(3)29(21-9-6-7-10-21)30(40)37-27-12-8-11-25(20(27)4)18(2)14-28(38)39/h5,8,11-13,15-18,21,29H,1,6-7,9-10,14H2,2-4H3,(H,37,40)(H,38,39)/b19-13+,26-24-. The third kappa shape index (κ3) is 7.46. The Bertz CT molecular complexity index is 1320. The van der Waals surface area contributed by atoms with Gasteiger partial charge in [-0.3, -0.25) is 14.6 Å². The zero-order valence-electron chi connectivity index (χ0n) is 22.8. The van der Waals surface area contributed by atoms with Crippen molar-refractivity contribution in [3.05, 3.63) is 89.0 Å². The summed E-state index contributed by atoms with van der Waals surface area (Å²) in [6.07, 6.45) is 2.90. The Balaban J connectivity index is 1.96. The maximum Gasteiger partial charge on any atom is 0.417 e. The van der Waals surface area contributed by atoms with Gasteiger partial charge < -0.3 is 10.4 Å². The van der Waals surface area contributed by atoms with Gasteiger partial charge in [0.15, 0.2) is 0 Å². The smallest absolute Gasteiger partial charge is 0.417 e. The number of aliphatic carboxylic acids is 1. The fraction of sp³-hybridized carbons (Fsp3) is 0.387. The Morgan fingerprint density at radius 2 is 1.90 bits per heavy atom. The van der Waals surface area contributed by atoms with Gasteiger partial charge in [0.2, 0.25) is 5.91 Å². The van der Waals surface area contributed by atoms with Gasteiger partial charge in [-0.1, -0.05) is 50.1 Å². The van der Waals surface area contributed by atoms with Crippen molar-refractivity contribution < 1.29 is 32.3 Å². The molecule has 2 atom stereocenters. The molecular formula is C31H34F4N2O3. The van der Waals surface area contributed by atoms with Crippen LogP contribution in [0, 0.1) is 18.8 Å². The van der Waals surface area contributed by atoms with E-state index in [1.165, 1.54) is 6.08 Å². The molecule has 0 spiro atoms. The fourth-order valence-corrected chi connectivity index (χ4v) is 5.45. The molecule has 1 saturated carbocycles. The molecule has 0 radical (unpaired) electrons. The van der Waals surface area contributed by atoms with E-state index < -0.39 is 29.5 Å². The van der Waals surface area contributed by atoms with Crippen molar-refractivity contribution in [3.8, 4) is 0 Å².